The lowest BCUT2D eigenvalue weighted by Crippen LogP contribution is -2.27. The van der Waals surface area contributed by atoms with Crippen LogP contribution in [0.3, 0.4) is 0 Å². The Hall–Kier alpha value is -4.31. The summed E-state index contributed by atoms with van der Waals surface area (Å²) in [6, 6.07) is 0.522. The highest BCUT2D eigenvalue weighted by atomic mass is 19.3. The van der Waals surface area contributed by atoms with Gasteiger partial charge in [0.15, 0.2) is 23.1 Å². The normalized spacial score (nSPS) is 15.1. The van der Waals surface area contributed by atoms with Gasteiger partial charge < -0.3 is 24.8 Å². The van der Waals surface area contributed by atoms with E-state index in [-0.39, 0.29) is 59.4 Å². The molecule has 1 amide bonds. The number of methoxy groups -OCH3 is 3. The van der Waals surface area contributed by atoms with Crippen LogP contribution >= 0.6 is 0 Å². The molecule has 3 aromatic rings. The highest BCUT2D eigenvalue weighted by Crippen LogP contribution is 2.41. The number of hydrogen-bond acceptors (Lipinski definition) is 7. The summed E-state index contributed by atoms with van der Waals surface area (Å²) in [6.45, 7) is 4.14. The number of pyridine rings is 1. The monoisotopic (exact) mass is 575 g/mol. The minimum atomic E-state index is -3.35. The number of nitrogens with zero attached hydrogens (tertiary/aromatic N) is 4. The number of halogens is 4. The highest BCUT2D eigenvalue weighted by molar-refractivity contribution is 5.95. The molecule has 3 heterocycles. The number of alkyl halides is 2. The summed E-state index contributed by atoms with van der Waals surface area (Å²) in [5, 5.41) is 4.48. The molecular weight excluding hydrogens is 546 g/mol. The van der Waals surface area contributed by atoms with Gasteiger partial charge in [-0.3, -0.25) is 9.48 Å². The lowest BCUT2D eigenvalue weighted by Gasteiger charge is -2.20. The number of ether oxygens (including phenoxy) is 3. The van der Waals surface area contributed by atoms with Crippen molar-refractivity contribution >= 4 is 22.6 Å². The van der Waals surface area contributed by atoms with E-state index in [4.69, 9.17) is 19.9 Å². The molecule has 1 aromatic carbocycles. The van der Waals surface area contributed by atoms with Crippen LogP contribution in [0.25, 0.3) is 10.9 Å². The maximum atomic E-state index is 15.6. The molecule has 2 aromatic heterocycles. The van der Waals surface area contributed by atoms with E-state index in [2.05, 4.69) is 28.5 Å². The van der Waals surface area contributed by atoms with Gasteiger partial charge in [-0.05, 0) is 24.8 Å². The van der Waals surface area contributed by atoms with Crippen molar-refractivity contribution < 1.29 is 36.6 Å². The average molecular weight is 576 g/mol. The first kappa shape index (κ1) is 29.7. The van der Waals surface area contributed by atoms with E-state index >= 15 is 8.78 Å². The minimum absolute atomic E-state index is 0.00518. The zero-order valence-electron chi connectivity index (χ0n) is 22.8. The van der Waals surface area contributed by atoms with Crippen LogP contribution in [-0.2, 0) is 15.5 Å². The molecule has 0 bridgehead atoms. The Labute approximate surface area is 233 Å². The molecule has 1 aliphatic rings. The standard InChI is InChI=1S/C28H29F4N5O4/c1-5-22(38)36-11-9-16(15-36)37-26-18(28(31,32)10-6-12-39-2)14-34-27(33)23(26)19(35-37)8-7-17-24(29)20(40-3)13-21(41-4)25(17)30/h5,13-14,16H,1,6,9-12,15H2,2-4H3,(H2,33,34)/t16-/m0/s1. The molecule has 1 atom stereocenters. The van der Waals surface area contributed by atoms with Crippen LogP contribution in [0.2, 0.25) is 0 Å². The molecule has 0 aliphatic carbocycles. The molecule has 0 spiro atoms. The third kappa shape index (κ3) is 5.65. The van der Waals surface area contributed by atoms with Gasteiger partial charge in [-0.1, -0.05) is 12.5 Å². The Morgan fingerprint density at radius 1 is 1.22 bits per heavy atom. The SMILES string of the molecule is C=CC(=O)N1CC[C@H](n2nc(C#Cc3c(F)c(OC)cc(OC)c3F)c3c(N)ncc(C(F)(F)CCCOC)c32)C1. The third-order valence-corrected chi connectivity index (χ3v) is 6.86. The van der Waals surface area contributed by atoms with Crippen molar-refractivity contribution in [2.45, 2.75) is 31.2 Å². The predicted octanol–water partition coefficient (Wildman–Crippen LogP) is 4.19. The van der Waals surface area contributed by atoms with Gasteiger partial charge in [-0.15, -0.1) is 0 Å². The highest BCUT2D eigenvalue weighted by Gasteiger charge is 2.38. The van der Waals surface area contributed by atoms with Crippen molar-refractivity contribution in [2.24, 2.45) is 0 Å². The van der Waals surface area contributed by atoms with Crippen LogP contribution in [0, 0.1) is 23.5 Å². The number of benzene rings is 1. The van der Waals surface area contributed by atoms with Crippen LogP contribution in [-0.4, -0.2) is 66.6 Å². The number of fused-ring (bicyclic) bond motifs is 1. The van der Waals surface area contributed by atoms with E-state index in [0.717, 1.165) is 12.3 Å². The van der Waals surface area contributed by atoms with E-state index in [9.17, 15) is 13.6 Å². The molecule has 0 saturated carbocycles. The smallest absolute Gasteiger partial charge is 0.276 e. The number of amides is 1. The minimum Gasteiger partial charge on any atom is -0.493 e. The van der Waals surface area contributed by atoms with E-state index in [1.54, 1.807) is 0 Å². The molecule has 4 rings (SSSR count). The number of hydrogen-bond donors (Lipinski definition) is 1. The van der Waals surface area contributed by atoms with Gasteiger partial charge in [-0.2, -0.15) is 5.10 Å². The van der Waals surface area contributed by atoms with Crippen molar-refractivity contribution in [2.75, 3.05) is 46.8 Å². The van der Waals surface area contributed by atoms with Crippen molar-refractivity contribution in [1.29, 1.82) is 0 Å². The Bertz CT molecular complexity index is 1520. The molecule has 1 fully saturated rings. The van der Waals surface area contributed by atoms with Gasteiger partial charge in [-0.25, -0.2) is 22.5 Å². The first-order valence-corrected chi connectivity index (χ1v) is 12.6. The first-order valence-electron chi connectivity index (χ1n) is 12.6. The number of nitrogens with two attached hydrogens (primary N) is 1. The molecular formula is C28H29F4N5O4. The average Bonchev–Trinajstić information content (AvgIpc) is 3.59. The maximum Gasteiger partial charge on any atom is 0.276 e. The zero-order valence-corrected chi connectivity index (χ0v) is 22.8. The third-order valence-electron chi connectivity index (χ3n) is 6.86. The van der Waals surface area contributed by atoms with Crippen LogP contribution < -0.4 is 15.2 Å². The van der Waals surface area contributed by atoms with Crippen molar-refractivity contribution in [3.63, 3.8) is 0 Å². The number of likely N-dealkylation sites (tertiary alicyclic amines) is 1. The van der Waals surface area contributed by atoms with Crippen LogP contribution in [0.15, 0.2) is 24.9 Å². The molecule has 1 aliphatic heterocycles. The van der Waals surface area contributed by atoms with Crippen molar-refractivity contribution in [3.8, 4) is 23.3 Å². The van der Waals surface area contributed by atoms with Crippen LogP contribution in [0.4, 0.5) is 23.4 Å². The van der Waals surface area contributed by atoms with Gasteiger partial charge in [0.05, 0.1) is 36.7 Å². The summed E-state index contributed by atoms with van der Waals surface area (Å²) in [6.07, 6.45) is 2.09. The van der Waals surface area contributed by atoms with Crippen molar-refractivity contribution in [3.05, 3.63) is 53.4 Å². The number of aromatic nitrogens is 3. The second kappa shape index (κ2) is 12.1. The fourth-order valence-electron chi connectivity index (χ4n) is 4.78. The lowest BCUT2D eigenvalue weighted by molar-refractivity contribution is -0.125. The first-order chi connectivity index (χ1) is 19.6. The Kier molecular flexibility index (Phi) is 8.72. The van der Waals surface area contributed by atoms with E-state index in [1.165, 1.54) is 37.0 Å². The van der Waals surface area contributed by atoms with Gasteiger partial charge in [0, 0.05) is 45.5 Å². The van der Waals surface area contributed by atoms with Gasteiger partial charge in [0.1, 0.15) is 17.1 Å². The summed E-state index contributed by atoms with van der Waals surface area (Å²) >= 11 is 0. The molecule has 0 radical (unpaired) electrons. The lowest BCUT2D eigenvalue weighted by atomic mass is 10.0. The van der Waals surface area contributed by atoms with E-state index < -0.39 is 41.1 Å². The van der Waals surface area contributed by atoms with Gasteiger partial charge in [0.25, 0.3) is 5.92 Å². The zero-order chi connectivity index (χ0) is 29.9. The molecule has 1 saturated heterocycles. The Morgan fingerprint density at radius 2 is 1.90 bits per heavy atom. The predicted molar refractivity (Wildman–Crippen MR) is 143 cm³/mol. The summed E-state index contributed by atoms with van der Waals surface area (Å²) in [5.41, 5.74) is 4.91. The van der Waals surface area contributed by atoms with Gasteiger partial charge >= 0.3 is 0 Å². The Morgan fingerprint density at radius 3 is 2.51 bits per heavy atom. The van der Waals surface area contributed by atoms with Crippen molar-refractivity contribution in [1.82, 2.24) is 19.7 Å². The fraction of sp³-hybridized carbons (Fsp3) is 0.393. The second-order valence-corrected chi connectivity index (χ2v) is 9.34. The molecule has 0 unspecified atom stereocenters. The summed E-state index contributed by atoms with van der Waals surface area (Å²) in [7, 11) is 3.82. The molecule has 218 valence electrons. The number of rotatable bonds is 9. The fourth-order valence-corrected chi connectivity index (χ4v) is 4.78. The molecule has 2 N–H and O–H groups in total. The van der Waals surface area contributed by atoms with Gasteiger partial charge in [0.2, 0.25) is 5.91 Å². The maximum absolute atomic E-state index is 15.6. The topological polar surface area (TPSA) is 105 Å². The van der Waals surface area contributed by atoms with E-state index in [0.29, 0.717) is 13.0 Å². The number of nitrogen functional groups attached to an aromatic ring is 1. The quantitative estimate of drug-likeness (QED) is 0.177. The Balaban J connectivity index is 1.93. The second-order valence-electron chi connectivity index (χ2n) is 9.34. The summed E-state index contributed by atoms with van der Waals surface area (Å²) in [5.74, 6) is -1.57. The number of carbonyl (C=O) groups is 1. The molecule has 13 heteroatoms. The number of carbonyl (C=O) groups excluding carboxylic acids is 1. The van der Waals surface area contributed by atoms with Crippen LogP contribution in [0.5, 0.6) is 11.5 Å². The largest absolute Gasteiger partial charge is 0.493 e. The van der Waals surface area contributed by atoms with Crippen LogP contribution in [0.1, 0.15) is 42.1 Å². The molecule has 9 nitrogen and oxygen atoms in total. The molecule has 41 heavy (non-hydrogen) atoms. The summed E-state index contributed by atoms with van der Waals surface area (Å²) < 4.78 is 77.3. The number of anilines is 1. The summed E-state index contributed by atoms with van der Waals surface area (Å²) in [4.78, 5) is 17.7. The van der Waals surface area contributed by atoms with E-state index in [1.807, 2.05) is 0 Å².